The summed E-state index contributed by atoms with van der Waals surface area (Å²) in [6, 6.07) is 22.0. The van der Waals surface area contributed by atoms with Crippen LogP contribution in [0.25, 0.3) is 11.1 Å². The molecule has 3 aromatic carbocycles. The van der Waals surface area contributed by atoms with Crippen LogP contribution in [0.3, 0.4) is 0 Å². The van der Waals surface area contributed by atoms with Gasteiger partial charge in [-0.2, -0.15) is 0 Å². The predicted octanol–water partition coefficient (Wildman–Crippen LogP) is 5.39. The number of benzene rings is 3. The van der Waals surface area contributed by atoms with Gasteiger partial charge in [0.2, 0.25) is 0 Å². The molecule has 0 aliphatic heterocycles. The van der Waals surface area contributed by atoms with Crippen LogP contribution in [0.15, 0.2) is 72.8 Å². The van der Waals surface area contributed by atoms with Crippen molar-refractivity contribution in [2.45, 2.75) is 12.1 Å². The van der Waals surface area contributed by atoms with E-state index in [-0.39, 0.29) is 0 Å². The molecule has 0 aromatic heterocycles. The Morgan fingerprint density at radius 3 is 1.96 bits per heavy atom. The summed E-state index contributed by atoms with van der Waals surface area (Å²) in [5.41, 5.74) is 9.73. The third-order valence-electron chi connectivity index (χ3n) is 4.03. The van der Waals surface area contributed by atoms with E-state index in [2.05, 4.69) is 0 Å². The van der Waals surface area contributed by atoms with E-state index in [0.29, 0.717) is 10.0 Å². The summed E-state index contributed by atoms with van der Waals surface area (Å²) < 4.78 is 0. The van der Waals surface area contributed by atoms with E-state index in [1.54, 1.807) is 12.1 Å². The Bertz CT molecular complexity index is 816. The van der Waals surface area contributed by atoms with E-state index in [4.69, 9.17) is 28.9 Å². The Hall–Kier alpha value is -1.84. The van der Waals surface area contributed by atoms with Gasteiger partial charge >= 0.3 is 0 Å². The highest BCUT2D eigenvalue weighted by molar-refractivity contribution is 6.33. The smallest absolute Gasteiger partial charge is 0.0982 e. The summed E-state index contributed by atoms with van der Waals surface area (Å²) in [6.07, 6.45) is -0.800. The van der Waals surface area contributed by atoms with E-state index in [9.17, 15) is 5.11 Å². The van der Waals surface area contributed by atoms with Crippen molar-refractivity contribution in [1.82, 2.24) is 0 Å². The maximum atomic E-state index is 10.5. The number of rotatable bonds is 4. The fourth-order valence-electron chi connectivity index (χ4n) is 2.63. The maximum Gasteiger partial charge on any atom is 0.0982 e. The Balaban J connectivity index is 1.82. The largest absolute Gasteiger partial charge is 0.386 e. The van der Waals surface area contributed by atoms with Crippen LogP contribution in [-0.2, 0) is 0 Å². The monoisotopic (exact) mass is 357 g/mol. The fourth-order valence-corrected chi connectivity index (χ4v) is 3.00. The number of aliphatic hydroxyl groups excluding tert-OH is 1. The van der Waals surface area contributed by atoms with Crippen LogP contribution in [0.2, 0.25) is 10.0 Å². The van der Waals surface area contributed by atoms with Crippen LogP contribution in [0.1, 0.15) is 23.3 Å². The summed E-state index contributed by atoms with van der Waals surface area (Å²) in [7, 11) is 0. The van der Waals surface area contributed by atoms with Gasteiger partial charge in [-0.05, 0) is 34.9 Å². The number of halogens is 2. The lowest BCUT2D eigenvalue weighted by molar-refractivity contribution is 0.147. The zero-order valence-electron chi connectivity index (χ0n) is 12.9. The van der Waals surface area contributed by atoms with Gasteiger partial charge < -0.3 is 10.8 Å². The quantitative estimate of drug-likeness (QED) is 0.656. The molecule has 0 aliphatic carbocycles. The predicted molar refractivity (Wildman–Crippen MR) is 100 cm³/mol. The van der Waals surface area contributed by atoms with Gasteiger partial charge in [-0.1, -0.05) is 77.8 Å². The highest BCUT2D eigenvalue weighted by Crippen LogP contribution is 2.31. The summed E-state index contributed by atoms with van der Waals surface area (Å²) in [5.74, 6) is 0. The summed E-state index contributed by atoms with van der Waals surface area (Å²) in [5, 5.41) is 11.9. The molecule has 0 saturated carbocycles. The first kappa shape index (κ1) is 17.0. The van der Waals surface area contributed by atoms with Crippen LogP contribution in [0.4, 0.5) is 0 Å². The fraction of sp³-hybridized carbons (Fsp3) is 0.100. The Kier molecular flexibility index (Phi) is 5.22. The number of hydrogen-bond donors (Lipinski definition) is 2. The first-order valence-corrected chi connectivity index (χ1v) is 8.36. The van der Waals surface area contributed by atoms with Gasteiger partial charge in [0, 0.05) is 15.6 Å². The SMILES string of the molecule is NC(c1ccc(Cl)cc1)C(O)c1ccc(-c2ccccc2Cl)cc1. The zero-order valence-corrected chi connectivity index (χ0v) is 14.4. The van der Waals surface area contributed by atoms with Gasteiger partial charge in [0.1, 0.15) is 0 Å². The maximum absolute atomic E-state index is 10.5. The molecule has 122 valence electrons. The van der Waals surface area contributed by atoms with Crippen molar-refractivity contribution in [2.75, 3.05) is 0 Å². The molecule has 0 radical (unpaired) electrons. The molecule has 0 spiro atoms. The van der Waals surface area contributed by atoms with Crippen molar-refractivity contribution in [3.63, 3.8) is 0 Å². The number of aliphatic hydroxyl groups is 1. The lowest BCUT2D eigenvalue weighted by Crippen LogP contribution is -2.19. The standard InChI is InChI=1S/C20H17Cl2NO/c21-16-11-9-14(10-12-16)19(23)20(24)15-7-5-13(6-8-15)17-3-1-2-4-18(17)22/h1-12,19-20,24H,23H2. The third kappa shape index (κ3) is 3.63. The van der Waals surface area contributed by atoms with Crippen molar-refractivity contribution in [3.8, 4) is 11.1 Å². The van der Waals surface area contributed by atoms with Crippen LogP contribution in [0.5, 0.6) is 0 Å². The second-order valence-corrected chi connectivity index (χ2v) is 6.47. The molecule has 3 aromatic rings. The Morgan fingerprint density at radius 1 is 0.750 bits per heavy atom. The molecule has 2 nitrogen and oxygen atoms in total. The molecule has 0 fully saturated rings. The minimum Gasteiger partial charge on any atom is -0.386 e. The van der Waals surface area contributed by atoms with E-state index in [1.165, 1.54) is 0 Å². The average molecular weight is 358 g/mol. The van der Waals surface area contributed by atoms with Crippen LogP contribution < -0.4 is 5.73 Å². The lowest BCUT2D eigenvalue weighted by Gasteiger charge is -2.20. The normalized spacial score (nSPS) is 13.5. The van der Waals surface area contributed by atoms with Gasteiger partial charge in [-0.3, -0.25) is 0 Å². The summed E-state index contributed by atoms with van der Waals surface area (Å²) in [6.45, 7) is 0. The van der Waals surface area contributed by atoms with Gasteiger partial charge in [0.25, 0.3) is 0 Å². The molecule has 0 amide bonds. The second-order valence-electron chi connectivity index (χ2n) is 5.62. The molecule has 0 heterocycles. The van der Waals surface area contributed by atoms with Gasteiger partial charge in [0.15, 0.2) is 0 Å². The van der Waals surface area contributed by atoms with Crippen molar-refractivity contribution >= 4 is 23.2 Å². The number of hydrogen-bond acceptors (Lipinski definition) is 2. The zero-order chi connectivity index (χ0) is 17.1. The van der Waals surface area contributed by atoms with Crippen LogP contribution in [-0.4, -0.2) is 5.11 Å². The van der Waals surface area contributed by atoms with Crippen molar-refractivity contribution < 1.29 is 5.11 Å². The van der Waals surface area contributed by atoms with Crippen molar-refractivity contribution in [2.24, 2.45) is 5.73 Å². The molecule has 24 heavy (non-hydrogen) atoms. The summed E-state index contributed by atoms with van der Waals surface area (Å²) >= 11 is 12.1. The molecule has 3 rings (SSSR count). The lowest BCUT2D eigenvalue weighted by atomic mass is 9.95. The molecule has 0 aliphatic rings. The molecule has 2 atom stereocenters. The van der Waals surface area contributed by atoms with Gasteiger partial charge in [0.05, 0.1) is 12.1 Å². The molecule has 2 unspecified atom stereocenters. The minimum absolute atomic E-state index is 0.520. The van der Waals surface area contributed by atoms with E-state index in [1.807, 2.05) is 60.7 Å². The Labute approximate surface area is 151 Å². The van der Waals surface area contributed by atoms with Gasteiger partial charge in [-0.15, -0.1) is 0 Å². The topological polar surface area (TPSA) is 46.2 Å². The van der Waals surface area contributed by atoms with E-state index >= 15 is 0 Å². The Morgan fingerprint density at radius 2 is 1.33 bits per heavy atom. The van der Waals surface area contributed by atoms with Crippen LogP contribution in [0, 0.1) is 0 Å². The van der Waals surface area contributed by atoms with E-state index < -0.39 is 12.1 Å². The molecular weight excluding hydrogens is 341 g/mol. The van der Waals surface area contributed by atoms with Crippen molar-refractivity contribution in [1.29, 1.82) is 0 Å². The molecule has 4 heteroatoms. The molecule has 0 bridgehead atoms. The minimum atomic E-state index is -0.800. The average Bonchev–Trinajstić information content (AvgIpc) is 2.62. The third-order valence-corrected chi connectivity index (χ3v) is 4.61. The molecule has 0 saturated heterocycles. The van der Waals surface area contributed by atoms with Gasteiger partial charge in [-0.25, -0.2) is 0 Å². The highest BCUT2D eigenvalue weighted by Gasteiger charge is 2.19. The van der Waals surface area contributed by atoms with E-state index in [0.717, 1.165) is 22.3 Å². The van der Waals surface area contributed by atoms with Crippen LogP contribution >= 0.6 is 23.2 Å². The second kappa shape index (κ2) is 7.37. The van der Waals surface area contributed by atoms with Crippen molar-refractivity contribution in [3.05, 3.63) is 94.0 Å². The number of nitrogens with two attached hydrogens (primary N) is 1. The first-order valence-electron chi connectivity index (χ1n) is 7.60. The molecular formula is C20H17Cl2NO. The first-order chi connectivity index (χ1) is 11.6. The molecule has 3 N–H and O–H groups in total. The summed E-state index contributed by atoms with van der Waals surface area (Å²) in [4.78, 5) is 0. The highest BCUT2D eigenvalue weighted by atomic mass is 35.5.